The van der Waals surface area contributed by atoms with E-state index in [2.05, 4.69) is 15.0 Å². The Bertz CT molecular complexity index is 1090. The van der Waals surface area contributed by atoms with E-state index in [4.69, 9.17) is 9.47 Å². The van der Waals surface area contributed by atoms with E-state index in [9.17, 15) is 14.3 Å². The highest BCUT2D eigenvalue weighted by Gasteiger charge is 2.25. The van der Waals surface area contributed by atoms with Crippen LogP contribution >= 0.6 is 0 Å². The van der Waals surface area contributed by atoms with Gasteiger partial charge in [0.05, 0.1) is 25.2 Å². The second kappa shape index (κ2) is 8.10. The minimum atomic E-state index is -1.08. The Morgan fingerprint density at radius 2 is 1.97 bits per heavy atom. The number of imidazole rings is 1. The molecule has 30 heavy (non-hydrogen) atoms. The zero-order valence-electron chi connectivity index (χ0n) is 17.4. The van der Waals surface area contributed by atoms with Crippen molar-refractivity contribution >= 4 is 5.97 Å². The predicted molar refractivity (Wildman–Crippen MR) is 107 cm³/mol. The van der Waals surface area contributed by atoms with Crippen molar-refractivity contribution in [3.63, 3.8) is 0 Å². The lowest BCUT2D eigenvalue weighted by Crippen LogP contribution is -2.20. The molecule has 0 aliphatic heterocycles. The average molecular weight is 414 g/mol. The summed E-state index contributed by atoms with van der Waals surface area (Å²) in [5, 5.41) is 9.66. The van der Waals surface area contributed by atoms with Crippen molar-refractivity contribution < 1.29 is 23.8 Å². The zero-order chi connectivity index (χ0) is 22.1. The molecule has 0 unspecified atom stereocenters. The Labute approximate surface area is 173 Å². The van der Waals surface area contributed by atoms with Gasteiger partial charge in [-0.05, 0) is 24.5 Å². The molecule has 1 aromatic carbocycles. The summed E-state index contributed by atoms with van der Waals surface area (Å²) in [6, 6.07) is 4.31. The fourth-order valence-electron chi connectivity index (χ4n) is 3.03. The van der Waals surface area contributed by atoms with Gasteiger partial charge in [0, 0.05) is 6.54 Å². The molecule has 0 saturated carbocycles. The van der Waals surface area contributed by atoms with Crippen molar-refractivity contribution in [2.45, 2.75) is 34.2 Å². The van der Waals surface area contributed by atoms with Gasteiger partial charge in [0.2, 0.25) is 11.6 Å². The number of aromatic carboxylic acids is 1. The lowest BCUT2D eigenvalue weighted by atomic mass is 9.96. The van der Waals surface area contributed by atoms with E-state index in [1.165, 1.54) is 31.6 Å². The molecule has 0 spiro atoms. The molecule has 0 bridgehead atoms. The summed E-state index contributed by atoms with van der Waals surface area (Å²) < 4.78 is 26.5. The maximum atomic E-state index is 14.2. The third-order valence-electron chi connectivity index (χ3n) is 4.18. The van der Waals surface area contributed by atoms with Crippen molar-refractivity contribution in [2.75, 3.05) is 7.11 Å². The van der Waals surface area contributed by atoms with Gasteiger partial charge in [-0.2, -0.15) is 0 Å². The van der Waals surface area contributed by atoms with Crippen LogP contribution in [0, 0.1) is 18.2 Å². The van der Waals surface area contributed by atoms with E-state index in [0.717, 1.165) is 0 Å². The molecule has 0 atom stereocenters. The van der Waals surface area contributed by atoms with E-state index in [-0.39, 0.29) is 28.5 Å². The summed E-state index contributed by atoms with van der Waals surface area (Å²) >= 11 is 0. The number of aryl methyl sites for hydroxylation is 1. The number of rotatable bonds is 6. The number of halogens is 1. The lowest BCUT2D eigenvalue weighted by molar-refractivity contribution is 0.0682. The van der Waals surface area contributed by atoms with Crippen LogP contribution in [0.4, 0.5) is 4.39 Å². The fourth-order valence-corrected chi connectivity index (χ4v) is 3.03. The molecule has 0 fully saturated rings. The van der Waals surface area contributed by atoms with E-state index < -0.39 is 11.8 Å². The smallest absolute Gasteiger partial charge is 0.354 e. The van der Waals surface area contributed by atoms with Crippen molar-refractivity contribution in [3.05, 3.63) is 47.8 Å². The fraction of sp³-hybridized carbons (Fsp3) is 0.333. The largest absolute Gasteiger partial charge is 0.493 e. The van der Waals surface area contributed by atoms with Gasteiger partial charge in [-0.15, -0.1) is 0 Å². The summed E-state index contributed by atoms with van der Waals surface area (Å²) in [6.45, 7) is 8.01. The van der Waals surface area contributed by atoms with E-state index >= 15 is 0 Å². The predicted octanol–water partition coefficient (Wildman–Crippen LogP) is 4.33. The van der Waals surface area contributed by atoms with Gasteiger partial charge < -0.3 is 19.1 Å². The molecule has 0 aliphatic carbocycles. The molecule has 0 aliphatic rings. The first-order valence-electron chi connectivity index (χ1n) is 9.24. The number of aromatic nitrogens is 4. The quantitative estimate of drug-likeness (QED) is 0.641. The molecule has 2 aromatic heterocycles. The third-order valence-corrected chi connectivity index (χ3v) is 4.18. The van der Waals surface area contributed by atoms with Crippen LogP contribution in [0.15, 0.2) is 30.6 Å². The van der Waals surface area contributed by atoms with Crippen molar-refractivity contribution in [3.8, 4) is 28.9 Å². The minimum Gasteiger partial charge on any atom is -0.493 e. The molecular formula is C21H23FN4O4. The molecule has 0 amide bonds. The number of carbonyl (C=O) groups is 1. The van der Waals surface area contributed by atoms with Crippen LogP contribution in [0.3, 0.4) is 0 Å². The molecule has 2 heterocycles. The van der Waals surface area contributed by atoms with Crippen LogP contribution in [-0.4, -0.2) is 37.7 Å². The number of nitrogens with zero attached hydrogens (tertiary/aromatic N) is 4. The van der Waals surface area contributed by atoms with Crippen LogP contribution in [-0.2, 0) is 6.54 Å². The van der Waals surface area contributed by atoms with Crippen molar-refractivity contribution in [2.24, 2.45) is 5.41 Å². The van der Waals surface area contributed by atoms with E-state index in [1.807, 2.05) is 20.8 Å². The molecule has 3 aromatic rings. The Morgan fingerprint density at radius 3 is 2.60 bits per heavy atom. The van der Waals surface area contributed by atoms with Crippen molar-refractivity contribution in [1.29, 1.82) is 0 Å². The zero-order valence-corrected chi connectivity index (χ0v) is 17.4. The summed E-state index contributed by atoms with van der Waals surface area (Å²) in [4.78, 5) is 24.7. The minimum absolute atomic E-state index is 0.0238. The summed E-state index contributed by atoms with van der Waals surface area (Å²) in [6.07, 6.45) is 2.79. The van der Waals surface area contributed by atoms with Gasteiger partial charge in [-0.25, -0.2) is 19.2 Å². The van der Waals surface area contributed by atoms with Crippen LogP contribution in [0.2, 0.25) is 0 Å². The van der Waals surface area contributed by atoms with Crippen LogP contribution in [0.5, 0.6) is 17.4 Å². The Morgan fingerprint density at radius 1 is 1.23 bits per heavy atom. The maximum Gasteiger partial charge on any atom is 0.354 e. The van der Waals surface area contributed by atoms with E-state index in [0.29, 0.717) is 23.8 Å². The Balaban J connectivity index is 2.07. The number of ether oxygens (including phenoxy) is 2. The highest BCUT2D eigenvalue weighted by atomic mass is 19.1. The van der Waals surface area contributed by atoms with Gasteiger partial charge in [-0.1, -0.05) is 26.8 Å². The van der Waals surface area contributed by atoms with Crippen molar-refractivity contribution in [1.82, 2.24) is 19.5 Å². The monoisotopic (exact) mass is 414 g/mol. The molecule has 158 valence electrons. The lowest BCUT2D eigenvalue weighted by Gasteiger charge is -2.21. The number of hydrogen-bond acceptors (Lipinski definition) is 6. The van der Waals surface area contributed by atoms with E-state index in [1.54, 1.807) is 17.6 Å². The second-order valence-corrected chi connectivity index (χ2v) is 7.94. The Hall–Kier alpha value is -3.49. The molecule has 0 saturated heterocycles. The maximum absolute atomic E-state index is 14.2. The molecule has 0 radical (unpaired) electrons. The number of carboxylic acids is 1. The first-order chi connectivity index (χ1) is 14.1. The van der Waals surface area contributed by atoms with Crippen LogP contribution in [0.25, 0.3) is 11.5 Å². The normalized spacial score (nSPS) is 11.4. The molecule has 1 N–H and O–H groups in total. The van der Waals surface area contributed by atoms with Gasteiger partial charge in [0.25, 0.3) is 0 Å². The van der Waals surface area contributed by atoms with Gasteiger partial charge in [0.15, 0.2) is 23.1 Å². The second-order valence-electron chi connectivity index (χ2n) is 7.94. The van der Waals surface area contributed by atoms with Crippen LogP contribution in [0.1, 0.15) is 37.0 Å². The number of para-hydroxylation sites is 1. The molecule has 3 rings (SSSR count). The standard InChI is InChI=1S/C21H23FN4O4/c1-12-17(20(27)28)26(11-21(2,3)4)19(24-12)14-9-23-10-16(25-14)30-18-13(22)7-6-8-15(18)29-5/h6-10H,11H2,1-5H3,(H,27,28). The topological polar surface area (TPSA) is 99.4 Å². The van der Waals surface area contributed by atoms with Crippen LogP contribution < -0.4 is 9.47 Å². The number of hydrogen-bond donors (Lipinski definition) is 1. The number of methoxy groups -OCH3 is 1. The Kier molecular flexibility index (Phi) is 5.73. The third kappa shape index (κ3) is 4.40. The first kappa shape index (κ1) is 21.2. The number of benzene rings is 1. The molecule has 8 nitrogen and oxygen atoms in total. The average Bonchev–Trinajstić information content (AvgIpc) is 2.98. The highest BCUT2D eigenvalue weighted by molar-refractivity contribution is 5.88. The highest BCUT2D eigenvalue weighted by Crippen LogP contribution is 2.34. The summed E-state index contributed by atoms with van der Waals surface area (Å²) in [5.74, 6) is -1.23. The van der Waals surface area contributed by atoms with Gasteiger partial charge >= 0.3 is 5.97 Å². The molecule has 9 heteroatoms. The molecular weight excluding hydrogens is 391 g/mol. The van der Waals surface area contributed by atoms with Gasteiger partial charge in [-0.3, -0.25) is 4.98 Å². The summed E-state index contributed by atoms with van der Waals surface area (Å²) in [5.41, 5.74) is 0.547. The number of carboxylic acid groups (broad SMARTS) is 1. The first-order valence-corrected chi connectivity index (χ1v) is 9.24. The van der Waals surface area contributed by atoms with Gasteiger partial charge in [0.1, 0.15) is 5.69 Å². The SMILES string of the molecule is COc1cccc(F)c1Oc1cncc(-c2nc(C)c(C(=O)O)n2CC(C)(C)C)n1. The summed E-state index contributed by atoms with van der Waals surface area (Å²) in [7, 11) is 1.41.